The van der Waals surface area contributed by atoms with Gasteiger partial charge in [-0.2, -0.15) is 12.7 Å². The number of nitrogens with one attached hydrogen (secondary N) is 3. The van der Waals surface area contributed by atoms with Crippen molar-refractivity contribution < 1.29 is 37.1 Å². The smallest absolute Gasteiger partial charge is 0.404 e. The van der Waals surface area contributed by atoms with Crippen molar-refractivity contribution >= 4 is 50.6 Å². The molecule has 1 aromatic carbocycles. The van der Waals surface area contributed by atoms with Crippen LogP contribution in [0.1, 0.15) is 87.5 Å². The van der Waals surface area contributed by atoms with Gasteiger partial charge >= 0.3 is 16.3 Å². The van der Waals surface area contributed by atoms with E-state index in [4.69, 9.17) is 5.11 Å². The maximum Gasteiger partial charge on any atom is 0.404 e. The third-order valence-corrected chi connectivity index (χ3v) is 13.1. The predicted octanol–water partition coefficient (Wildman–Crippen LogP) is 4.40. The number of anilines is 1. The Labute approximate surface area is 292 Å². The number of hydrogen-bond acceptors (Lipinski definition) is 6. The third kappa shape index (κ3) is 7.63. The highest BCUT2D eigenvalue weighted by Gasteiger charge is 2.47. The van der Waals surface area contributed by atoms with E-state index in [-0.39, 0.29) is 35.3 Å². The molecule has 4 aliphatic rings. The molecule has 0 bridgehead atoms. The molecule has 2 aliphatic carbocycles. The topological polar surface area (TPSA) is 170 Å². The van der Waals surface area contributed by atoms with Crippen LogP contribution in [0.5, 0.6) is 0 Å². The summed E-state index contributed by atoms with van der Waals surface area (Å²) in [5.74, 6) is -1.17. The Morgan fingerprint density at radius 2 is 1.62 bits per heavy atom. The maximum absolute atomic E-state index is 14.2. The zero-order valence-corrected chi connectivity index (χ0v) is 29.4. The van der Waals surface area contributed by atoms with E-state index in [0.29, 0.717) is 67.8 Å². The van der Waals surface area contributed by atoms with Gasteiger partial charge in [0, 0.05) is 49.2 Å². The molecule has 13 nitrogen and oxygen atoms in total. The van der Waals surface area contributed by atoms with Gasteiger partial charge in [-0.15, -0.1) is 0 Å². The van der Waals surface area contributed by atoms with E-state index in [1.54, 1.807) is 40.8 Å². The fraction of sp³-hybridized carbons (Fsp3) is 0.657. The average Bonchev–Trinajstić information content (AvgIpc) is 3.87. The lowest BCUT2D eigenvalue weighted by Gasteiger charge is -2.37. The number of rotatable bonds is 10. The Balaban J connectivity index is 1.17. The van der Waals surface area contributed by atoms with Crippen molar-refractivity contribution in [1.82, 2.24) is 23.8 Å². The number of alkyl halides is 1. The molecule has 50 heavy (non-hydrogen) atoms. The number of carboxylic acid groups (broad SMARTS) is 1. The number of benzene rings is 1. The Morgan fingerprint density at radius 3 is 2.28 bits per heavy atom. The summed E-state index contributed by atoms with van der Waals surface area (Å²) >= 11 is 0. The largest absolute Gasteiger partial charge is 0.465 e. The lowest BCUT2D eigenvalue weighted by atomic mass is 9.76. The van der Waals surface area contributed by atoms with Crippen molar-refractivity contribution in [3.8, 4) is 0 Å². The minimum Gasteiger partial charge on any atom is -0.465 e. The molecule has 0 spiro atoms. The summed E-state index contributed by atoms with van der Waals surface area (Å²) in [7, 11) is -2.27. The standard InChI is InChI=1S/C35H49FN6O7S/c1-40-29-14-13-26(19-25(29)20-30(40)32(43)39-50(48,49)41-16-5-6-17-41)37-33(44)31-27(22-7-3-2-4-8-22)15-18-42(31)34(45)24-11-9-23(10-12-24)28(21-36)38-35(46)47/h13-14,19-20,22-24,27-28,31,38H,2-12,15-18,21H2,1H3,(H,37,44)(H,39,43)(H,46,47)/t23-,24-,27-,28+,31-/m0/s1. The van der Waals surface area contributed by atoms with E-state index in [9.17, 15) is 32.0 Å². The van der Waals surface area contributed by atoms with Crippen molar-refractivity contribution in [2.45, 2.75) is 89.1 Å². The maximum atomic E-state index is 14.2. The van der Waals surface area contributed by atoms with Crippen LogP contribution >= 0.6 is 0 Å². The van der Waals surface area contributed by atoms with Crippen LogP contribution < -0.4 is 15.4 Å². The first-order chi connectivity index (χ1) is 24.0. The van der Waals surface area contributed by atoms with Crippen LogP contribution in [0, 0.1) is 23.7 Å². The number of halogens is 1. The van der Waals surface area contributed by atoms with Crippen LogP contribution in [-0.4, -0.2) is 89.5 Å². The molecule has 2 saturated carbocycles. The quantitative estimate of drug-likeness (QED) is 0.283. The van der Waals surface area contributed by atoms with Crippen LogP contribution in [0.4, 0.5) is 14.9 Å². The number of hydrogen-bond donors (Lipinski definition) is 4. The lowest BCUT2D eigenvalue weighted by Crippen LogP contribution is -2.50. The molecule has 0 radical (unpaired) electrons. The highest BCUT2D eigenvalue weighted by atomic mass is 32.2. The summed E-state index contributed by atoms with van der Waals surface area (Å²) in [5, 5.41) is 15.1. The highest BCUT2D eigenvalue weighted by Crippen LogP contribution is 2.41. The molecular formula is C35H49FN6O7S. The van der Waals surface area contributed by atoms with E-state index in [2.05, 4.69) is 15.4 Å². The van der Waals surface area contributed by atoms with Gasteiger partial charge in [-0.25, -0.2) is 13.9 Å². The Kier molecular flexibility index (Phi) is 11.0. The normalized spacial score (nSPS) is 25.8. The SMILES string of the molecule is Cn1c(C(=O)NS(=O)(=O)N2CCCC2)cc2cc(NC(=O)[C@@H]3[C@H](C4CCCCC4)CCN3C(=O)[C@H]3CC[C@H]([C@@H](CF)NC(=O)O)CC3)ccc21. The zero-order chi connectivity index (χ0) is 35.6. The van der Waals surface area contributed by atoms with E-state index in [1.165, 1.54) is 10.7 Å². The first-order valence-corrected chi connectivity index (χ1v) is 19.5. The molecule has 4 fully saturated rings. The Bertz CT molecular complexity index is 1700. The highest BCUT2D eigenvalue weighted by molar-refractivity contribution is 7.87. The molecule has 2 saturated heterocycles. The molecule has 4 N–H and O–H groups in total. The van der Waals surface area contributed by atoms with Crippen molar-refractivity contribution in [3.05, 3.63) is 30.0 Å². The van der Waals surface area contributed by atoms with Crippen LogP contribution in [0.25, 0.3) is 10.9 Å². The minimum absolute atomic E-state index is 0.0274. The lowest BCUT2D eigenvalue weighted by molar-refractivity contribution is -0.142. The fourth-order valence-electron chi connectivity index (χ4n) is 8.92. The van der Waals surface area contributed by atoms with Crippen molar-refractivity contribution in [2.24, 2.45) is 30.7 Å². The fourth-order valence-corrected chi connectivity index (χ4v) is 10.1. The van der Waals surface area contributed by atoms with Gasteiger partial charge in [0.05, 0.1) is 6.04 Å². The molecule has 3 heterocycles. The predicted molar refractivity (Wildman–Crippen MR) is 185 cm³/mol. The summed E-state index contributed by atoms with van der Waals surface area (Å²) in [6, 6.07) is 5.44. The summed E-state index contributed by atoms with van der Waals surface area (Å²) in [4.78, 5) is 54.2. The number of aryl methyl sites for hydroxylation is 1. The second kappa shape index (κ2) is 15.3. The van der Waals surface area contributed by atoms with Gasteiger partial charge in [-0.1, -0.05) is 32.1 Å². The molecule has 6 rings (SSSR count). The molecule has 2 aromatic rings. The molecule has 274 valence electrons. The zero-order valence-electron chi connectivity index (χ0n) is 28.6. The molecule has 15 heteroatoms. The van der Waals surface area contributed by atoms with Crippen LogP contribution in [0.3, 0.4) is 0 Å². The Morgan fingerprint density at radius 1 is 0.920 bits per heavy atom. The molecule has 3 atom stereocenters. The van der Waals surface area contributed by atoms with Crippen molar-refractivity contribution in [1.29, 1.82) is 0 Å². The van der Waals surface area contributed by atoms with Gasteiger partial charge in [0.2, 0.25) is 11.8 Å². The number of amides is 4. The van der Waals surface area contributed by atoms with E-state index < -0.39 is 41.0 Å². The molecular weight excluding hydrogens is 667 g/mol. The van der Waals surface area contributed by atoms with Gasteiger partial charge in [-0.05, 0) is 87.0 Å². The molecule has 4 amide bonds. The summed E-state index contributed by atoms with van der Waals surface area (Å²) in [6.45, 7) is 0.445. The van der Waals surface area contributed by atoms with E-state index >= 15 is 0 Å². The van der Waals surface area contributed by atoms with Gasteiger partial charge in [0.25, 0.3) is 5.91 Å². The van der Waals surface area contributed by atoms with E-state index in [1.807, 2.05) is 0 Å². The van der Waals surface area contributed by atoms with Crippen molar-refractivity contribution in [2.75, 3.05) is 31.6 Å². The first-order valence-electron chi connectivity index (χ1n) is 18.0. The van der Waals surface area contributed by atoms with Crippen LogP contribution in [0.2, 0.25) is 0 Å². The molecule has 2 aliphatic heterocycles. The second-order valence-electron chi connectivity index (χ2n) is 14.5. The number of aromatic nitrogens is 1. The monoisotopic (exact) mass is 716 g/mol. The summed E-state index contributed by atoms with van der Waals surface area (Å²) in [5.41, 5.74) is 1.37. The van der Waals surface area contributed by atoms with Gasteiger partial charge in [0.15, 0.2) is 0 Å². The second-order valence-corrected chi connectivity index (χ2v) is 16.2. The van der Waals surface area contributed by atoms with E-state index in [0.717, 1.165) is 44.9 Å². The number of carbonyl (C=O) groups is 4. The number of fused-ring (bicyclic) bond motifs is 1. The minimum atomic E-state index is -3.95. The molecule has 1 aromatic heterocycles. The number of nitrogens with zero attached hydrogens (tertiary/aromatic N) is 3. The summed E-state index contributed by atoms with van der Waals surface area (Å²) < 4.78 is 44.1. The van der Waals surface area contributed by atoms with Crippen molar-refractivity contribution in [3.63, 3.8) is 0 Å². The number of likely N-dealkylation sites (tertiary alicyclic amines) is 1. The number of carbonyl (C=O) groups excluding carboxylic acids is 3. The third-order valence-electron chi connectivity index (χ3n) is 11.6. The van der Waals surface area contributed by atoms with Gasteiger partial charge < -0.3 is 25.2 Å². The first kappa shape index (κ1) is 36.1. The van der Waals surface area contributed by atoms with Crippen LogP contribution in [-0.2, 0) is 26.8 Å². The average molecular weight is 717 g/mol. The van der Waals surface area contributed by atoms with Gasteiger partial charge in [-0.3, -0.25) is 14.4 Å². The Hall–Kier alpha value is -3.72. The van der Waals surface area contributed by atoms with Crippen LogP contribution in [0.15, 0.2) is 24.3 Å². The summed E-state index contributed by atoms with van der Waals surface area (Å²) in [6.07, 6.45) is 8.51. The van der Waals surface area contributed by atoms with Gasteiger partial charge in [0.1, 0.15) is 18.4 Å². The molecule has 0 unspecified atom stereocenters.